The molecule has 0 bridgehead atoms. The van der Waals surface area contributed by atoms with Gasteiger partial charge in [0.25, 0.3) is 0 Å². The third-order valence-electron chi connectivity index (χ3n) is 3.22. The molecule has 0 aliphatic heterocycles. The molecule has 1 rings (SSSR count). The van der Waals surface area contributed by atoms with Gasteiger partial charge in [0, 0.05) is 0 Å². The van der Waals surface area contributed by atoms with Crippen LogP contribution in [0.4, 0.5) is 5.82 Å². The van der Waals surface area contributed by atoms with E-state index in [9.17, 15) is 5.11 Å². The molecule has 0 aliphatic carbocycles. The van der Waals surface area contributed by atoms with Crippen molar-refractivity contribution in [3.63, 3.8) is 0 Å². The molecule has 4 nitrogen and oxygen atoms in total. The van der Waals surface area contributed by atoms with E-state index in [1.165, 1.54) is 0 Å². The first kappa shape index (κ1) is 14.2. The minimum Gasteiger partial charge on any atom is -0.388 e. The molecule has 0 radical (unpaired) electrons. The first-order valence-corrected chi connectivity index (χ1v) is 5.93. The van der Waals surface area contributed by atoms with Crippen LogP contribution in [-0.4, -0.2) is 26.2 Å². The molecule has 5 heteroatoms. The first-order chi connectivity index (χ1) is 7.54. The highest BCUT2D eigenvalue weighted by atomic mass is 35.5. The lowest BCUT2D eigenvalue weighted by Crippen LogP contribution is -2.51. The fourth-order valence-electron chi connectivity index (χ4n) is 1.10. The van der Waals surface area contributed by atoms with Gasteiger partial charge in [0.05, 0.1) is 22.5 Å². The van der Waals surface area contributed by atoms with Crippen LogP contribution in [0, 0.1) is 13.8 Å². The molecule has 1 aromatic rings. The lowest BCUT2D eigenvalue weighted by atomic mass is 9.86. The molecule has 0 amide bonds. The molecule has 0 aromatic carbocycles. The summed E-state index contributed by atoms with van der Waals surface area (Å²) in [5.41, 5.74) is 0.161. The topological polar surface area (TPSA) is 58.0 Å². The third-order valence-corrected chi connectivity index (χ3v) is 3.49. The van der Waals surface area contributed by atoms with Crippen LogP contribution in [0.5, 0.6) is 0 Å². The number of halogens is 1. The largest absolute Gasteiger partial charge is 0.388 e. The average Bonchev–Trinajstić information content (AvgIpc) is 2.12. The van der Waals surface area contributed by atoms with Crippen LogP contribution in [0.1, 0.15) is 39.1 Å². The zero-order valence-corrected chi connectivity index (χ0v) is 12.0. The molecule has 0 saturated heterocycles. The van der Waals surface area contributed by atoms with Crippen molar-refractivity contribution in [3.8, 4) is 0 Å². The molecule has 0 saturated carbocycles. The molecule has 0 fully saturated rings. The fraction of sp³-hybridized carbons (Fsp3) is 0.667. The summed E-state index contributed by atoms with van der Waals surface area (Å²) in [4.78, 5) is 8.55. The van der Waals surface area contributed by atoms with Gasteiger partial charge < -0.3 is 10.4 Å². The van der Waals surface area contributed by atoms with Gasteiger partial charge in [0.2, 0.25) is 0 Å². The standard InChI is InChI=1S/C12H20ClN3O/c1-7-8(2)15-10(9(13)14-7)16-11(3,4)12(5,6)17/h17H,1-6H3,(H,15,16). The van der Waals surface area contributed by atoms with Crippen molar-refractivity contribution in [2.75, 3.05) is 5.32 Å². The van der Waals surface area contributed by atoms with Gasteiger partial charge in [-0.1, -0.05) is 11.6 Å². The molecular weight excluding hydrogens is 238 g/mol. The Labute approximate surface area is 107 Å². The maximum absolute atomic E-state index is 10.1. The van der Waals surface area contributed by atoms with E-state index < -0.39 is 11.1 Å². The molecule has 0 spiro atoms. The number of aryl methyl sites for hydroxylation is 2. The van der Waals surface area contributed by atoms with Crippen molar-refractivity contribution in [2.24, 2.45) is 0 Å². The van der Waals surface area contributed by atoms with Gasteiger partial charge >= 0.3 is 0 Å². The van der Waals surface area contributed by atoms with Crippen LogP contribution in [0.15, 0.2) is 0 Å². The van der Waals surface area contributed by atoms with Crippen LogP contribution in [-0.2, 0) is 0 Å². The van der Waals surface area contributed by atoms with Gasteiger partial charge in [0.1, 0.15) is 0 Å². The molecule has 1 heterocycles. The Bertz CT molecular complexity index is 424. The highest BCUT2D eigenvalue weighted by Gasteiger charge is 2.35. The van der Waals surface area contributed by atoms with E-state index in [2.05, 4.69) is 15.3 Å². The summed E-state index contributed by atoms with van der Waals surface area (Å²) in [6.45, 7) is 11.0. The predicted octanol–water partition coefficient (Wildman–Crippen LogP) is 2.71. The van der Waals surface area contributed by atoms with Gasteiger partial charge in [0.15, 0.2) is 11.0 Å². The van der Waals surface area contributed by atoms with Crippen LogP contribution in [0.3, 0.4) is 0 Å². The molecule has 2 N–H and O–H groups in total. The number of aromatic nitrogens is 2. The summed E-state index contributed by atoms with van der Waals surface area (Å²) in [6, 6.07) is 0. The number of aliphatic hydroxyl groups is 1. The number of anilines is 1. The van der Waals surface area contributed by atoms with Crippen LogP contribution in [0.25, 0.3) is 0 Å². The van der Waals surface area contributed by atoms with E-state index in [1.807, 2.05) is 27.7 Å². The number of hydrogen-bond acceptors (Lipinski definition) is 4. The van der Waals surface area contributed by atoms with E-state index in [1.54, 1.807) is 13.8 Å². The summed E-state index contributed by atoms with van der Waals surface area (Å²) in [5.74, 6) is 0.502. The van der Waals surface area contributed by atoms with Crippen molar-refractivity contribution in [1.82, 2.24) is 9.97 Å². The lowest BCUT2D eigenvalue weighted by Gasteiger charge is -2.38. The summed E-state index contributed by atoms with van der Waals surface area (Å²) in [6.07, 6.45) is 0. The van der Waals surface area contributed by atoms with E-state index in [0.717, 1.165) is 11.4 Å². The second-order valence-corrected chi connectivity index (χ2v) is 5.70. The molecular formula is C12H20ClN3O. The quantitative estimate of drug-likeness (QED) is 0.874. The highest BCUT2D eigenvalue weighted by Crippen LogP contribution is 2.28. The number of hydrogen-bond donors (Lipinski definition) is 2. The second kappa shape index (κ2) is 4.42. The van der Waals surface area contributed by atoms with Crippen LogP contribution < -0.4 is 5.32 Å². The monoisotopic (exact) mass is 257 g/mol. The Kier molecular flexibility index (Phi) is 3.69. The zero-order chi connectivity index (χ0) is 13.4. The normalized spacial score (nSPS) is 12.7. The number of nitrogens with one attached hydrogen (secondary N) is 1. The van der Waals surface area contributed by atoms with E-state index in [4.69, 9.17) is 11.6 Å². The van der Waals surface area contributed by atoms with Gasteiger partial charge in [-0.25, -0.2) is 9.97 Å². The molecule has 0 unspecified atom stereocenters. The minimum absolute atomic E-state index is 0.324. The van der Waals surface area contributed by atoms with Gasteiger partial charge in [-0.15, -0.1) is 0 Å². The minimum atomic E-state index is -0.906. The van der Waals surface area contributed by atoms with E-state index >= 15 is 0 Å². The number of nitrogens with zero attached hydrogens (tertiary/aromatic N) is 2. The molecule has 0 aliphatic rings. The van der Waals surface area contributed by atoms with E-state index in [0.29, 0.717) is 11.0 Å². The summed E-state index contributed by atoms with van der Waals surface area (Å²) >= 11 is 6.04. The fourth-order valence-corrected chi connectivity index (χ4v) is 1.32. The Morgan fingerprint density at radius 2 is 1.53 bits per heavy atom. The molecule has 96 valence electrons. The predicted molar refractivity (Wildman–Crippen MR) is 70.5 cm³/mol. The molecule has 1 aromatic heterocycles. The van der Waals surface area contributed by atoms with Gasteiger partial charge in [-0.2, -0.15) is 0 Å². The maximum atomic E-state index is 10.1. The Morgan fingerprint density at radius 3 is 2.00 bits per heavy atom. The van der Waals surface area contributed by atoms with Gasteiger partial charge in [-0.3, -0.25) is 0 Å². The first-order valence-electron chi connectivity index (χ1n) is 5.56. The molecule has 0 atom stereocenters. The van der Waals surface area contributed by atoms with Crippen LogP contribution in [0.2, 0.25) is 5.15 Å². The van der Waals surface area contributed by atoms with Crippen molar-refractivity contribution in [3.05, 3.63) is 16.5 Å². The SMILES string of the molecule is Cc1nc(Cl)c(NC(C)(C)C(C)(C)O)nc1C. The Morgan fingerprint density at radius 1 is 1.06 bits per heavy atom. The van der Waals surface area contributed by atoms with Crippen molar-refractivity contribution in [2.45, 2.75) is 52.7 Å². The number of rotatable bonds is 3. The zero-order valence-electron chi connectivity index (χ0n) is 11.2. The van der Waals surface area contributed by atoms with Crippen molar-refractivity contribution in [1.29, 1.82) is 0 Å². The average molecular weight is 258 g/mol. The lowest BCUT2D eigenvalue weighted by molar-refractivity contribution is 0.0238. The van der Waals surface area contributed by atoms with Crippen molar-refractivity contribution < 1.29 is 5.11 Å². The summed E-state index contributed by atoms with van der Waals surface area (Å²) in [7, 11) is 0. The van der Waals surface area contributed by atoms with E-state index in [-0.39, 0.29) is 0 Å². The molecule has 17 heavy (non-hydrogen) atoms. The highest BCUT2D eigenvalue weighted by molar-refractivity contribution is 6.31. The maximum Gasteiger partial charge on any atom is 0.171 e. The second-order valence-electron chi connectivity index (χ2n) is 5.34. The Hall–Kier alpha value is -0.870. The summed E-state index contributed by atoms with van der Waals surface area (Å²) < 4.78 is 0. The van der Waals surface area contributed by atoms with Gasteiger partial charge in [-0.05, 0) is 41.5 Å². The smallest absolute Gasteiger partial charge is 0.171 e. The van der Waals surface area contributed by atoms with Crippen LogP contribution >= 0.6 is 11.6 Å². The summed E-state index contributed by atoms with van der Waals surface area (Å²) in [5, 5.41) is 13.5. The van der Waals surface area contributed by atoms with Crippen molar-refractivity contribution >= 4 is 17.4 Å². The third kappa shape index (κ3) is 3.07. The Balaban J connectivity index is 3.08.